The summed E-state index contributed by atoms with van der Waals surface area (Å²) in [4.78, 5) is 3.86. The van der Waals surface area contributed by atoms with Crippen molar-refractivity contribution in [3.05, 3.63) is 36.0 Å². The maximum atomic E-state index is 5.62. The summed E-state index contributed by atoms with van der Waals surface area (Å²) in [5.74, 6) is 1.86. The van der Waals surface area contributed by atoms with Gasteiger partial charge in [0.05, 0.1) is 7.11 Å². The van der Waals surface area contributed by atoms with E-state index < -0.39 is 0 Å². The van der Waals surface area contributed by atoms with Crippen LogP contribution in [0.2, 0.25) is 0 Å². The van der Waals surface area contributed by atoms with Crippen molar-refractivity contribution in [1.29, 1.82) is 0 Å². The highest BCUT2D eigenvalue weighted by Crippen LogP contribution is 2.25. The number of methoxy groups -OCH3 is 1. The molecule has 2 aromatic rings. The largest absolute Gasteiger partial charge is 0.497 e. The molecule has 6 heteroatoms. The SMILES string of the molecule is COc1ccc(CN)c(OCc2ncon2)c1. The van der Waals surface area contributed by atoms with Crippen LogP contribution >= 0.6 is 0 Å². The summed E-state index contributed by atoms with van der Waals surface area (Å²) in [6.07, 6.45) is 1.26. The fourth-order valence-electron chi connectivity index (χ4n) is 1.36. The molecule has 2 rings (SSSR count). The minimum absolute atomic E-state index is 0.233. The van der Waals surface area contributed by atoms with Crippen molar-refractivity contribution in [2.24, 2.45) is 5.73 Å². The molecule has 0 spiro atoms. The monoisotopic (exact) mass is 235 g/mol. The molecule has 0 unspecified atom stereocenters. The van der Waals surface area contributed by atoms with Gasteiger partial charge in [-0.05, 0) is 6.07 Å². The van der Waals surface area contributed by atoms with Crippen molar-refractivity contribution in [2.75, 3.05) is 7.11 Å². The lowest BCUT2D eigenvalue weighted by molar-refractivity contribution is 0.282. The average Bonchev–Trinajstić information content (AvgIpc) is 2.89. The average molecular weight is 235 g/mol. The highest BCUT2D eigenvalue weighted by molar-refractivity contribution is 5.40. The van der Waals surface area contributed by atoms with Crippen molar-refractivity contribution in [2.45, 2.75) is 13.2 Å². The van der Waals surface area contributed by atoms with Crippen LogP contribution in [0.5, 0.6) is 11.5 Å². The fraction of sp³-hybridized carbons (Fsp3) is 0.273. The zero-order valence-electron chi connectivity index (χ0n) is 9.42. The number of nitrogens with two attached hydrogens (primary N) is 1. The van der Waals surface area contributed by atoms with E-state index in [9.17, 15) is 0 Å². The van der Waals surface area contributed by atoms with Crippen LogP contribution < -0.4 is 15.2 Å². The van der Waals surface area contributed by atoms with Gasteiger partial charge < -0.3 is 19.7 Å². The van der Waals surface area contributed by atoms with E-state index in [2.05, 4.69) is 14.7 Å². The Balaban J connectivity index is 2.12. The van der Waals surface area contributed by atoms with Gasteiger partial charge in [-0.15, -0.1) is 0 Å². The predicted octanol–water partition coefficient (Wildman–Crippen LogP) is 1.12. The standard InChI is InChI=1S/C11H13N3O3/c1-15-9-3-2-8(5-12)10(4-9)16-6-11-13-7-17-14-11/h2-4,7H,5-6,12H2,1H3. The molecule has 1 aromatic carbocycles. The van der Waals surface area contributed by atoms with Gasteiger partial charge in [-0.1, -0.05) is 11.2 Å². The van der Waals surface area contributed by atoms with Crippen LogP contribution in [0.3, 0.4) is 0 Å². The van der Waals surface area contributed by atoms with Gasteiger partial charge in [0.1, 0.15) is 11.5 Å². The lowest BCUT2D eigenvalue weighted by Gasteiger charge is -2.10. The molecule has 6 nitrogen and oxygen atoms in total. The quantitative estimate of drug-likeness (QED) is 0.835. The van der Waals surface area contributed by atoms with Crippen molar-refractivity contribution in [3.8, 4) is 11.5 Å². The minimum Gasteiger partial charge on any atom is -0.497 e. The molecule has 1 heterocycles. The van der Waals surface area contributed by atoms with Gasteiger partial charge in [0.2, 0.25) is 12.2 Å². The summed E-state index contributed by atoms with van der Waals surface area (Å²) in [5, 5.41) is 3.66. The first-order valence-corrected chi connectivity index (χ1v) is 5.08. The second-order valence-electron chi connectivity index (χ2n) is 3.31. The topological polar surface area (TPSA) is 83.4 Å². The van der Waals surface area contributed by atoms with E-state index in [1.165, 1.54) is 6.39 Å². The Kier molecular flexibility index (Phi) is 3.56. The van der Waals surface area contributed by atoms with E-state index in [1.54, 1.807) is 13.2 Å². The number of hydrogen-bond acceptors (Lipinski definition) is 6. The number of hydrogen-bond donors (Lipinski definition) is 1. The van der Waals surface area contributed by atoms with Crippen molar-refractivity contribution in [1.82, 2.24) is 10.1 Å². The summed E-state index contributed by atoms with van der Waals surface area (Å²) in [6, 6.07) is 5.48. The second kappa shape index (κ2) is 5.31. The van der Waals surface area contributed by atoms with Crippen LogP contribution in [-0.4, -0.2) is 17.3 Å². The Morgan fingerprint density at radius 3 is 2.94 bits per heavy atom. The van der Waals surface area contributed by atoms with E-state index in [4.69, 9.17) is 15.2 Å². The Hall–Kier alpha value is -2.08. The second-order valence-corrected chi connectivity index (χ2v) is 3.31. The van der Waals surface area contributed by atoms with Crippen LogP contribution in [0.15, 0.2) is 29.1 Å². The molecular formula is C11H13N3O3. The van der Waals surface area contributed by atoms with Gasteiger partial charge in [0.25, 0.3) is 0 Å². The van der Waals surface area contributed by atoms with Gasteiger partial charge in [-0.25, -0.2) is 0 Å². The van der Waals surface area contributed by atoms with Gasteiger partial charge >= 0.3 is 0 Å². The van der Waals surface area contributed by atoms with Crippen LogP contribution in [0.25, 0.3) is 0 Å². The summed E-state index contributed by atoms with van der Waals surface area (Å²) < 4.78 is 15.3. The Bertz CT molecular complexity index is 471. The summed E-state index contributed by atoms with van der Waals surface area (Å²) >= 11 is 0. The number of ether oxygens (including phenoxy) is 2. The van der Waals surface area contributed by atoms with Gasteiger partial charge in [0.15, 0.2) is 6.61 Å². The smallest absolute Gasteiger partial charge is 0.213 e. The summed E-state index contributed by atoms with van der Waals surface area (Å²) in [6.45, 7) is 0.627. The number of rotatable bonds is 5. The molecule has 2 N–H and O–H groups in total. The summed E-state index contributed by atoms with van der Waals surface area (Å²) in [7, 11) is 1.60. The number of aromatic nitrogens is 2. The molecule has 0 aliphatic rings. The lowest BCUT2D eigenvalue weighted by Crippen LogP contribution is -2.04. The van der Waals surface area contributed by atoms with Gasteiger partial charge in [0, 0.05) is 18.2 Å². The maximum Gasteiger partial charge on any atom is 0.213 e. The van der Waals surface area contributed by atoms with Crippen LogP contribution in [0, 0.1) is 0 Å². The third kappa shape index (κ3) is 2.73. The van der Waals surface area contributed by atoms with E-state index >= 15 is 0 Å². The Labute approximate surface area is 98.3 Å². The first kappa shape index (κ1) is 11.4. The molecule has 0 fully saturated rings. The molecule has 1 aromatic heterocycles. The van der Waals surface area contributed by atoms with Crippen LogP contribution in [0.1, 0.15) is 11.4 Å². The highest BCUT2D eigenvalue weighted by atomic mass is 16.5. The molecule has 17 heavy (non-hydrogen) atoms. The molecule has 0 saturated heterocycles. The number of nitrogens with zero attached hydrogens (tertiary/aromatic N) is 2. The zero-order valence-corrected chi connectivity index (χ0v) is 9.42. The van der Waals surface area contributed by atoms with Gasteiger partial charge in [-0.2, -0.15) is 4.98 Å². The molecule has 0 amide bonds. The maximum absolute atomic E-state index is 5.62. The van der Waals surface area contributed by atoms with E-state index in [0.29, 0.717) is 23.9 Å². The van der Waals surface area contributed by atoms with E-state index in [1.807, 2.05) is 12.1 Å². The van der Waals surface area contributed by atoms with Crippen molar-refractivity contribution >= 4 is 0 Å². The molecule has 0 saturated carbocycles. The molecule has 0 bridgehead atoms. The van der Waals surface area contributed by atoms with Crippen molar-refractivity contribution < 1.29 is 14.0 Å². The first-order chi connectivity index (χ1) is 8.33. The third-order valence-electron chi connectivity index (χ3n) is 2.26. The van der Waals surface area contributed by atoms with Crippen LogP contribution in [0.4, 0.5) is 0 Å². The van der Waals surface area contributed by atoms with Gasteiger partial charge in [-0.3, -0.25) is 0 Å². The van der Waals surface area contributed by atoms with E-state index in [0.717, 1.165) is 5.56 Å². The molecule has 0 aliphatic carbocycles. The molecule has 0 aliphatic heterocycles. The van der Waals surface area contributed by atoms with Crippen LogP contribution in [-0.2, 0) is 13.2 Å². The third-order valence-corrected chi connectivity index (χ3v) is 2.26. The molecular weight excluding hydrogens is 222 g/mol. The highest BCUT2D eigenvalue weighted by Gasteiger charge is 2.06. The number of benzene rings is 1. The Morgan fingerprint density at radius 2 is 2.29 bits per heavy atom. The van der Waals surface area contributed by atoms with Crippen molar-refractivity contribution in [3.63, 3.8) is 0 Å². The van der Waals surface area contributed by atoms with E-state index in [-0.39, 0.29) is 6.61 Å². The first-order valence-electron chi connectivity index (χ1n) is 5.08. The predicted molar refractivity (Wildman–Crippen MR) is 59.5 cm³/mol. The normalized spacial score (nSPS) is 10.2. The Morgan fingerprint density at radius 1 is 1.41 bits per heavy atom. The molecule has 0 radical (unpaired) electrons. The summed E-state index contributed by atoms with van der Waals surface area (Å²) in [5.41, 5.74) is 6.52. The fourth-order valence-corrected chi connectivity index (χ4v) is 1.36. The molecule has 90 valence electrons. The molecule has 0 atom stereocenters. The zero-order chi connectivity index (χ0) is 12.1. The minimum atomic E-state index is 0.233. The lowest BCUT2D eigenvalue weighted by atomic mass is 10.2.